The minimum Gasteiger partial charge on any atom is -0.494 e. The minimum absolute atomic E-state index is 0.0767. The van der Waals surface area contributed by atoms with Crippen molar-refractivity contribution in [3.8, 4) is 17.2 Å². The third kappa shape index (κ3) is 6.09. The van der Waals surface area contributed by atoms with Crippen LogP contribution in [-0.4, -0.2) is 23.3 Å². The molecule has 0 saturated carbocycles. The van der Waals surface area contributed by atoms with Gasteiger partial charge in [0.15, 0.2) is 0 Å². The highest BCUT2D eigenvalue weighted by molar-refractivity contribution is 7.99. The summed E-state index contributed by atoms with van der Waals surface area (Å²) < 4.78 is 24.1. The molecule has 0 aliphatic rings. The maximum atomic E-state index is 12.9. The van der Waals surface area contributed by atoms with Crippen LogP contribution >= 0.6 is 11.8 Å². The first-order valence-electron chi connectivity index (χ1n) is 9.33. The zero-order valence-electron chi connectivity index (χ0n) is 16.4. The summed E-state index contributed by atoms with van der Waals surface area (Å²) in [5, 5.41) is 2.83. The van der Waals surface area contributed by atoms with E-state index in [9.17, 15) is 9.18 Å². The van der Waals surface area contributed by atoms with Crippen LogP contribution in [0, 0.1) is 12.7 Å². The fraction of sp³-hybridized carbons (Fsp3) is 0.273. The number of rotatable bonds is 9. The molecule has 1 heterocycles. The van der Waals surface area contributed by atoms with Crippen molar-refractivity contribution in [3.63, 3.8) is 0 Å². The maximum Gasteiger partial charge on any atom is 0.230 e. The highest BCUT2D eigenvalue weighted by atomic mass is 32.2. The standard InChI is InChI=1S/C22H23FN2O3S/c1-3-27-19-10-6-17(7-11-19)22-25-20(15(2)28-22)13-29-14-21(26)24-12-16-4-8-18(23)9-5-16/h4-11H,3,12-14H2,1-2H3,(H,24,26). The van der Waals surface area contributed by atoms with Gasteiger partial charge < -0.3 is 14.5 Å². The molecule has 152 valence electrons. The van der Waals surface area contributed by atoms with Crippen LogP contribution in [0.1, 0.15) is 23.9 Å². The molecule has 1 N–H and O–H groups in total. The maximum absolute atomic E-state index is 12.9. The average Bonchev–Trinajstić information content (AvgIpc) is 3.09. The molecule has 29 heavy (non-hydrogen) atoms. The molecular weight excluding hydrogens is 391 g/mol. The van der Waals surface area contributed by atoms with Crippen LogP contribution < -0.4 is 10.1 Å². The van der Waals surface area contributed by atoms with Crippen molar-refractivity contribution in [3.05, 3.63) is 71.4 Å². The van der Waals surface area contributed by atoms with E-state index in [2.05, 4.69) is 10.3 Å². The van der Waals surface area contributed by atoms with Gasteiger partial charge in [0.2, 0.25) is 11.8 Å². The molecule has 1 amide bonds. The number of aryl methyl sites for hydroxylation is 1. The Bertz CT molecular complexity index is 940. The van der Waals surface area contributed by atoms with Gasteiger partial charge in [-0.2, -0.15) is 0 Å². The number of nitrogens with zero attached hydrogens (tertiary/aromatic N) is 1. The molecule has 0 saturated heterocycles. The summed E-state index contributed by atoms with van der Waals surface area (Å²) in [7, 11) is 0. The first-order valence-corrected chi connectivity index (χ1v) is 10.5. The van der Waals surface area contributed by atoms with Crippen molar-refractivity contribution >= 4 is 17.7 Å². The van der Waals surface area contributed by atoms with E-state index in [0.717, 1.165) is 28.3 Å². The second-order valence-corrected chi connectivity index (χ2v) is 7.36. The second-order valence-electron chi connectivity index (χ2n) is 6.38. The predicted molar refractivity (Wildman–Crippen MR) is 112 cm³/mol. The van der Waals surface area contributed by atoms with Gasteiger partial charge in [0.05, 0.1) is 18.1 Å². The number of oxazole rings is 1. The van der Waals surface area contributed by atoms with E-state index in [4.69, 9.17) is 9.15 Å². The molecule has 3 aromatic rings. The van der Waals surface area contributed by atoms with Crippen molar-refractivity contribution in [2.45, 2.75) is 26.1 Å². The number of nitrogens with one attached hydrogen (secondary N) is 1. The highest BCUT2D eigenvalue weighted by Gasteiger charge is 2.12. The highest BCUT2D eigenvalue weighted by Crippen LogP contribution is 2.26. The van der Waals surface area contributed by atoms with E-state index >= 15 is 0 Å². The van der Waals surface area contributed by atoms with Crippen molar-refractivity contribution < 1.29 is 18.3 Å². The van der Waals surface area contributed by atoms with E-state index in [0.29, 0.717) is 30.5 Å². The molecule has 5 nitrogen and oxygen atoms in total. The summed E-state index contributed by atoms with van der Waals surface area (Å²) in [6, 6.07) is 13.7. The Hall–Kier alpha value is -2.80. The van der Waals surface area contributed by atoms with Crippen LogP contribution in [0.15, 0.2) is 52.9 Å². The molecule has 0 atom stereocenters. The van der Waals surface area contributed by atoms with Gasteiger partial charge in [-0.3, -0.25) is 4.79 Å². The quantitative estimate of drug-likeness (QED) is 0.548. The number of carbonyl (C=O) groups excluding carboxylic acids is 1. The van der Waals surface area contributed by atoms with Gasteiger partial charge in [0.25, 0.3) is 0 Å². The topological polar surface area (TPSA) is 64.4 Å². The Balaban J connectivity index is 1.48. The molecule has 0 spiro atoms. The Morgan fingerprint density at radius 2 is 1.90 bits per heavy atom. The van der Waals surface area contributed by atoms with Gasteiger partial charge >= 0.3 is 0 Å². The van der Waals surface area contributed by atoms with Gasteiger partial charge in [-0.1, -0.05) is 12.1 Å². The lowest BCUT2D eigenvalue weighted by atomic mass is 10.2. The fourth-order valence-electron chi connectivity index (χ4n) is 2.64. The van der Waals surface area contributed by atoms with Crippen LogP contribution in [-0.2, 0) is 17.1 Å². The number of amides is 1. The Kier molecular flexibility index (Phi) is 7.30. The summed E-state index contributed by atoms with van der Waals surface area (Å²) in [6.07, 6.45) is 0. The normalized spacial score (nSPS) is 10.7. The van der Waals surface area contributed by atoms with Crippen molar-refractivity contribution in [1.82, 2.24) is 10.3 Å². The number of benzene rings is 2. The average molecular weight is 415 g/mol. The van der Waals surface area contributed by atoms with Crippen LogP contribution in [0.3, 0.4) is 0 Å². The number of hydrogen-bond donors (Lipinski definition) is 1. The zero-order valence-corrected chi connectivity index (χ0v) is 17.2. The first-order chi connectivity index (χ1) is 14.0. The minimum atomic E-state index is -0.289. The molecule has 0 unspecified atom stereocenters. The Morgan fingerprint density at radius 1 is 1.17 bits per heavy atom. The number of thioether (sulfide) groups is 1. The number of hydrogen-bond acceptors (Lipinski definition) is 5. The summed E-state index contributed by atoms with van der Waals surface area (Å²) in [5.41, 5.74) is 2.56. The second kappa shape index (κ2) is 10.1. The third-order valence-electron chi connectivity index (χ3n) is 4.18. The summed E-state index contributed by atoms with van der Waals surface area (Å²) in [5.74, 6) is 2.63. The number of ether oxygens (including phenoxy) is 1. The monoisotopic (exact) mass is 414 g/mol. The van der Waals surface area contributed by atoms with Crippen molar-refractivity contribution in [2.75, 3.05) is 12.4 Å². The molecule has 3 rings (SSSR count). The van der Waals surface area contributed by atoms with Gasteiger partial charge in [-0.25, -0.2) is 9.37 Å². The smallest absolute Gasteiger partial charge is 0.230 e. The molecule has 0 aliphatic heterocycles. The number of halogens is 1. The third-order valence-corrected chi connectivity index (χ3v) is 5.12. The van der Waals surface area contributed by atoms with E-state index in [-0.39, 0.29) is 11.7 Å². The number of carbonyl (C=O) groups is 1. The molecule has 1 aromatic heterocycles. The summed E-state index contributed by atoms with van der Waals surface area (Å²) >= 11 is 1.47. The first kappa shape index (κ1) is 20.9. The van der Waals surface area contributed by atoms with Crippen molar-refractivity contribution in [1.29, 1.82) is 0 Å². The van der Waals surface area contributed by atoms with E-state index in [1.54, 1.807) is 12.1 Å². The Labute approximate surface area is 173 Å². The number of aromatic nitrogens is 1. The molecule has 7 heteroatoms. The van der Waals surface area contributed by atoms with Crippen LogP contribution in [0.5, 0.6) is 5.75 Å². The van der Waals surface area contributed by atoms with Crippen LogP contribution in [0.25, 0.3) is 11.5 Å². The van der Waals surface area contributed by atoms with E-state index in [1.165, 1.54) is 23.9 Å². The van der Waals surface area contributed by atoms with Crippen LogP contribution in [0.4, 0.5) is 4.39 Å². The summed E-state index contributed by atoms with van der Waals surface area (Å²) in [6.45, 7) is 4.81. The molecule has 0 fully saturated rings. The van der Waals surface area contributed by atoms with Crippen molar-refractivity contribution in [2.24, 2.45) is 0 Å². The lowest BCUT2D eigenvalue weighted by Gasteiger charge is -2.05. The lowest BCUT2D eigenvalue weighted by molar-refractivity contribution is -0.118. The molecule has 2 aromatic carbocycles. The van der Waals surface area contributed by atoms with Gasteiger partial charge in [-0.15, -0.1) is 11.8 Å². The van der Waals surface area contributed by atoms with Gasteiger partial charge in [0, 0.05) is 17.9 Å². The fourth-order valence-corrected chi connectivity index (χ4v) is 3.49. The molecule has 0 bridgehead atoms. The van der Waals surface area contributed by atoms with E-state index in [1.807, 2.05) is 38.1 Å². The Morgan fingerprint density at radius 3 is 2.59 bits per heavy atom. The van der Waals surface area contributed by atoms with Crippen LogP contribution in [0.2, 0.25) is 0 Å². The zero-order chi connectivity index (χ0) is 20.6. The predicted octanol–water partition coefficient (Wildman–Crippen LogP) is 4.74. The molecule has 0 radical (unpaired) electrons. The molecule has 0 aliphatic carbocycles. The lowest BCUT2D eigenvalue weighted by Crippen LogP contribution is -2.24. The molecular formula is C22H23FN2O3S. The summed E-state index contributed by atoms with van der Waals surface area (Å²) in [4.78, 5) is 16.6. The largest absolute Gasteiger partial charge is 0.494 e. The van der Waals surface area contributed by atoms with Gasteiger partial charge in [-0.05, 0) is 55.8 Å². The SMILES string of the molecule is CCOc1ccc(-c2nc(CSCC(=O)NCc3ccc(F)cc3)c(C)o2)cc1. The van der Waals surface area contributed by atoms with Gasteiger partial charge in [0.1, 0.15) is 17.3 Å². The van der Waals surface area contributed by atoms with E-state index < -0.39 is 0 Å².